The fourth-order valence-electron chi connectivity index (χ4n) is 2.01. The zero-order valence-electron chi connectivity index (χ0n) is 9.56. The van der Waals surface area contributed by atoms with Gasteiger partial charge in [-0.25, -0.2) is 0 Å². The minimum atomic E-state index is 0.153. The van der Waals surface area contributed by atoms with E-state index in [1.165, 1.54) is 0 Å². The second-order valence-corrected chi connectivity index (χ2v) is 4.76. The van der Waals surface area contributed by atoms with Gasteiger partial charge in [0.2, 0.25) is 5.91 Å². The van der Waals surface area contributed by atoms with Crippen LogP contribution >= 0.6 is 11.8 Å². The summed E-state index contributed by atoms with van der Waals surface area (Å²) < 4.78 is 0. The molecule has 0 radical (unpaired) electrons. The number of amides is 1. The molecule has 1 heterocycles. The summed E-state index contributed by atoms with van der Waals surface area (Å²) >= 11 is 1.68. The van der Waals surface area contributed by atoms with Crippen LogP contribution in [0.1, 0.15) is 6.92 Å². The van der Waals surface area contributed by atoms with Gasteiger partial charge < -0.3 is 10.2 Å². The van der Waals surface area contributed by atoms with Crippen molar-refractivity contribution in [3.63, 3.8) is 0 Å². The van der Waals surface area contributed by atoms with Crippen molar-refractivity contribution in [1.82, 2.24) is 5.32 Å². The first kappa shape index (κ1) is 11.5. The molecule has 0 unspecified atom stereocenters. The van der Waals surface area contributed by atoms with Crippen LogP contribution in [0.15, 0.2) is 29.2 Å². The molecule has 1 fully saturated rings. The number of thioether (sulfide) groups is 1. The van der Waals surface area contributed by atoms with Crippen LogP contribution in [0.2, 0.25) is 0 Å². The Bertz CT molecular complexity index is 394. The minimum absolute atomic E-state index is 0.153. The summed E-state index contributed by atoms with van der Waals surface area (Å²) in [5, 5.41) is 3.12. The third kappa shape index (κ3) is 2.08. The second-order valence-electron chi connectivity index (χ2n) is 3.92. The first-order chi connectivity index (χ1) is 7.74. The molecule has 86 valence electrons. The van der Waals surface area contributed by atoms with Gasteiger partial charge in [-0.05, 0) is 25.3 Å². The molecule has 0 saturated carbocycles. The van der Waals surface area contributed by atoms with Crippen molar-refractivity contribution >= 4 is 23.4 Å². The number of rotatable bonds is 2. The van der Waals surface area contributed by atoms with Gasteiger partial charge in [0, 0.05) is 17.5 Å². The topological polar surface area (TPSA) is 32.3 Å². The zero-order chi connectivity index (χ0) is 11.5. The standard InChI is InChI=1S/C12H16N2OS/c1-9-7-13-8-12(15)14(9)10-5-3-4-6-11(10)16-2/h3-6,9,13H,7-8H2,1-2H3/t9-/m0/s1. The molecule has 1 aliphatic rings. The molecule has 0 aromatic heterocycles. The molecule has 1 aromatic carbocycles. The Kier molecular flexibility index (Phi) is 3.51. The van der Waals surface area contributed by atoms with Crippen molar-refractivity contribution in [2.24, 2.45) is 0 Å². The Morgan fingerprint density at radius 2 is 2.19 bits per heavy atom. The molecule has 1 aliphatic heterocycles. The molecule has 0 bridgehead atoms. The van der Waals surface area contributed by atoms with Crippen LogP contribution in [-0.2, 0) is 4.79 Å². The number of hydrogen-bond donors (Lipinski definition) is 1. The number of nitrogens with zero attached hydrogens (tertiary/aromatic N) is 1. The highest BCUT2D eigenvalue weighted by Gasteiger charge is 2.27. The number of nitrogens with one attached hydrogen (secondary N) is 1. The lowest BCUT2D eigenvalue weighted by Gasteiger charge is -2.34. The van der Waals surface area contributed by atoms with E-state index in [2.05, 4.69) is 18.3 Å². The van der Waals surface area contributed by atoms with Gasteiger partial charge in [0.1, 0.15) is 0 Å². The molecular formula is C12H16N2OS. The number of hydrogen-bond acceptors (Lipinski definition) is 3. The fraction of sp³-hybridized carbons (Fsp3) is 0.417. The van der Waals surface area contributed by atoms with E-state index >= 15 is 0 Å². The summed E-state index contributed by atoms with van der Waals surface area (Å²) in [7, 11) is 0. The molecule has 0 spiro atoms. The lowest BCUT2D eigenvalue weighted by Crippen LogP contribution is -2.54. The quantitative estimate of drug-likeness (QED) is 0.794. The van der Waals surface area contributed by atoms with Crippen molar-refractivity contribution in [3.05, 3.63) is 24.3 Å². The normalized spacial score (nSPS) is 21.2. The van der Waals surface area contributed by atoms with Crippen molar-refractivity contribution in [1.29, 1.82) is 0 Å². The van der Waals surface area contributed by atoms with Crippen molar-refractivity contribution in [2.75, 3.05) is 24.2 Å². The zero-order valence-corrected chi connectivity index (χ0v) is 10.4. The predicted octanol–water partition coefficient (Wildman–Crippen LogP) is 1.73. The lowest BCUT2D eigenvalue weighted by atomic mass is 10.1. The Morgan fingerprint density at radius 3 is 2.88 bits per heavy atom. The summed E-state index contributed by atoms with van der Waals surface area (Å²) in [5.41, 5.74) is 1.04. The number of benzene rings is 1. The van der Waals surface area contributed by atoms with Gasteiger partial charge in [0.15, 0.2) is 0 Å². The molecule has 2 rings (SSSR count). The van der Waals surface area contributed by atoms with E-state index < -0.39 is 0 Å². The van der Waals surface area contributed by atoms with E-state index in [1.807, 2.05) is 29.4 Å². The first-order valence-electron chi connectivity index (χ1n) is 5.40. The SMILES string of the molecule is CSc1ccccc1N1C(=O)CNC[C@@H]1C. The molecule has 1 aromatic rings. The molecule has 1 atom stereocenters. The summed E-state index contributed by atoms with van der Waals surface area (Å²) in [6.07, 6.45) is 2.04. The van der Waals surface area contributed by atoms with Crippen LogP contribution in [0.25, 0.3) is 0 Å². The molecule has 3 nitrogen and oxygen atoms in total. The van der Waals surface area contributed by atoms with Crippen LogP contribution in [-0.4, -0.2) is 31.3 Å². The van der Waals surface area contributed by atoms with Crippen molar-refractivity contribution < 1.29 is 4.79 Å². The molecular weight excluding hydrogens is 220 g/mol. The first-order valence-corrected chi connectivity index (χ1v) is 6.62. The monoisotopic (exact) mass is 236 g/mol. The third-order valence-electron chi connectivity index (χ3n) is 2.77. The largest absolute Gasteiger partial charge is 0.306 e. The molecule has 16 heavy (non-hydrogen) atoms. The number of anilines is 1. The molecule has 0 aliphatic carbocycles. The Balaban J connectivity index is 2.37. The van der Waals surface area contributed by atoms with Crippen LogP contribution in [0.4, 0.5) is 5.69 Å². The van der Waals surface area contributed by atoms with Crippen LogP contribution < -0.4 is 10.2 Å². The van der Waals surface area contributed by atoms with E-state index in [-0.39, 0.29) is 11.9 Å². The third-order valence-corrected chi connectivity index (χ3v) is 3.56. The average Bonchev–Trinajstić information content (AvgIpc) is 2.29. The highest BCUT2D eigenvalue weighted by Crippen LogP contribution is 2.30. The smallest absolute Gasteiger partial charge is 0.241 e. The summed E-state index contributed by atoms with van der Waals surface area (Å²) in [5.74, 6) is 0.153. The van der Waals surface area contributed by atoms with Crippen molar-refractivity contribution in [2.45, 2.75) is 17.9 Å². The second kappa shape index (κ2) is 4.89. The van der Waals surface area contributed by atoms with Gasteiger partial charge in [0.25, 0.3) is 0 Å². The molecule has 4 heteroatoms. The highest BCUT2D eigenvalue weighted by molar-refractivity contribution is 7.98. The maximum Gasteiger partial charge on any atom is 0.241 e. The van der Waals surface area contributed by atoms with Crippen LogP contribution in [0, 0.1) is 0 Å². The number of para-hydroxylation sites is 1. The van der Waals surface area contributed by atoms with E-state index in [9.17, 15) is 4.79 Å². The Hall–Kier alpha value is -1.00. The van der Waals surface area contributed by atoms with Crippen LogP contribution in [0.3, 0.4) is 0 Å². The van der Waals surface area contributed by atoms with E-state index in [0.29, 0.717) is 6.54 Å². The number of carbonyl (C=O) groups excluding carboxylic acids is 1. The van der Waals surface area contributed by atoms with E-state index in [4.69, 9.17) is 0 Å². The van der Waals surface area contributed by atoms with Gasteiger partial charge in [-0.3, -0.25) is 4.79 Å². The number of piperazine rings is 1. The van der Waals surface area contributed by atoms with Gasteiger partial charge >= 0.3 is 0 Å². The Morgan fingerprint density at radius 1 is 1.44 bits per heavy atom. The van der Waals surface area contributed by atoms with Crippen LogP contribution in [0.5, 0.6) is 0 Å². The summed E-state index contributed by atoms with van der Waals surface area (Å²) in [4.78, 5) is 15.0. The van der Waals surface area contributed by atoms with Gasteiger partial charge in [0.05, 0.1) is 12.2 Å². The van der Waals surface area contributed by atoms with Gasteiger partial charge in [-0.1, -0.05) is 12.1 Å². The molecule has 1 saturated heterocycles. The highest BCUT2D eigenvalue weighted by atomic mass is 32.2. The van der Waals surface area contributed by atoms with Crippen molar-refractivity contribution in [3.8, 4) is 0 Å². The van der Waals surface area contributed by atoms with Gasteiger partial charge in [-0.2, -0.15) is 0 Å². The molecule has 1 N–H and O–H groups in total. The Labute approximate surface area is 100 Å². The van der Waals surface area contributed by atoms with E-state index in [0.717, 1.165) is 17.1 Å². The number of carbonyl (C=O) groups is 1. The molecule has 1 amide bonds. The maximum atomic E-state index is 11.9. The summed E-state index contributed by atoms with van der Waals surface area (Å²) in [6, 6.07) is 8.28. The predicted molar refractivity (Wildman–Crippen MR) is 68.0 cm³/mol. The average molecular weight is 236 g/mol. The maximum absolute atomic E-state index is 11.9. The fourth-order valence-corrected chi connectivity index (χ4v) is 2.60. The van der Waals surface area contributed by atoms with Gasteiger partial charge in [-0.15, -0.1) is 11.8 Å². The lowest BCUT2D eigenvalue weighted by molar-refractivity contribution is -0.119. The summed E-state index contributed by atoms with van der Waals surface area (Å²) in [6.45, 7) is 3.36. The van der Waals surface area contributed by atoms with E-state index in [1.54, 1.807) is 11.8 Å². The minimum Gasteiger partial charge on any atom is -0.306 e.